The smallest absolute Gasteiger partial charge is 0.251 e. The number of benzene rings is 2. The molecule has 0 bridgehead atoms. The van der Waals surface area contributed by atoms with Gasteiger partial charge >= 0.3 is 0 Å². The van der Waals surface area contributed by atoms with E-state index in [1.165, 1.54) is 16.4 Å². The van der Waals surface area contributed by atoms with E-state index < -0.39 is 10.0 Å². The Kier molecular flexibility index (Phi) is 7.75. The van der Waals surface area contributed by atoms with Gasteiger partial charge in [0.25, 0.3) is 5.91 Å². The molecule has 1 amide bonds. The summed E-state index contributed by atoms with van der Waals surface area (Å²) in [5.41, 5.74) is 1.38. The topological polar surface area (TPSA) is 75.7 Å². The zero-order valence-corrected chi connectivity index (χ0v) is 18.6. The molecule has 0 aromatic heterocycles. The summed E-state index contributed by atoms with van der Waals surface area (Å²) in [6.07, 6.45) is 3.18. The SMILES string of the molecule is CCOc1ccccc1CCCNC(=O)c1ccc(Cl)c(S(=O)(=O)N2CCCC2)c1. The lowest BCUT2D eigenvalue weighted by atomic mass is 10.1. The van der Waals surface area contributed by atoms with Crippen molar-refractivity contribution in [2.75, 3.05) is 26.2 Å². The van der Waals surface area contributed by atoms with Crippen LogP contribution in [0.1, 0.15) is 42.1 Å². The maximum absolute atomic E-state index is 12.8. The minimum Gasteiger partial charge on any atom is -0.494 e. The largest absolute Gasteiger partial charge is 0.494 e. The van der Waals surface area contributed by atoms with Gasteiger partial charge in [-0.1, -0.05) is 29.8 Å². The van der Waals surface area contributed by atoms with Gasteiger partial charge in [0.05, 0.1) is 11.6 Å². The summed E-state index contributed by atoms with van der Waals surface area (Å²) in [6, 6.07) is 12.2. The van der Waals surface area contributed by atoms with Crippen LogP contribution in [0.2, 0.25) is 5.02 Å². The summed E-state index contributed by atoms with van der Waals surface area (Å²) in [4.78, 5) is 12.5. The molecule has 1 N–H and O–H groups in total. The van der Waals surface area contributed by atoms with E-state index in [4.69, 9.17) is 16.3 Å². The molecular formula is C22H27ClN2O4S. The Balaban J connectivity index is 1.61. The molecule has 6 nitrogen and oxygen atoms in total. The number of amides is 1. The summed E-state index contributed by atoms with van der Waals surface area (Å²) in [6.45, 7) is 3.99. The number of hydrogen-bond acceptors (Lipinski definition) is 4. The lowest BCUT2D eigenvalue weighted by Crippen LogP contribution is -2.29. The van der Waals surface area contributed by atoms with Crippen LogP contribution in [0.5, 0.6) is 5.75 Å². The fourth-order valence-corrected chi connectivity index (χ4v) is 5.52. The van der Waals surface area contributed by atoms with E-state index in [1.54, 1.807) is 6.07 Å². The summed E-state index contributed by atoms with van der Waals surface area (Å²) >= 11 is 6.15. The van der Waals surface area contributed by atoms with Gasteiger partial charge < -0.3 is 10.1 Å². The van der Waals surface area contributed by atoms with Crippen molar-refractivity contribution in [3.8, 4) is 5.75 Å². The fourth-order valence-electron chi connectivity index (χ4n) is 3.50. The third-order valence-corrected chi connectivity index (χ3v) is 7.44. The van der Waals surface area contributed by atoms with Crippen LogP contribution in [0.25, 0.3) is 0 Å². The monoisotopic (exact) mass is 450 g/mol. The zero-order valence-electron chi connectivity index (χ0n) is 17.1. The maximum atomic E-state index is 12.8. The molecule has 0 aliphatic carbocycles. The highest BCUT2D eigenvalue weighted by Crippen LogP contribution is 2.28. The van der Waals surface area contributed by atoms with Crippen molar-refractivity contribution in [2.45, 2.75) is 37.5 Å². The van der Waals surface area contributed by atoms with Gasteiger partial charge in [0.1, 0.15) is 10.6 Å². The van der Waals surface area contributed by atoms with Crippen molar-refractivity contribution >= 4 is 27.5 Å². The third kappa shape index (κ3) is 5.33. The van der Waals surface area contributed by atoms with Crippen molar-refractivity contribution in [1.29, 1.82) is 0 Å². The molecule has 1 aliphatic rings. The molecule has 1 fully saturated rings. The summed E-state index contributed by atoms with van der Waals surface area (Å²) in [7, 11) is -3.69. The highest BCUT2D eigenvalue weighted by molar-refractivity contribution is 7.89. The van der Waals surface area contributed by atoms with Gasteiger partial charge in [0, 0.05) is 25.2 Å². The van der Waals surface area contributed by atoms with E-state index in [0.717, 1.165) is 37.0 Å². The lowest BCUT2D eigenvalue weighted by molar-refractivity contribution is 0.0953. The molecule has 2 aromatic rings. The number of ether oxygens (including phenoxy) is 1. The number of halogens is 1. The number of hydrogen-bond donors (Lipinski definition) is 1. The Labute approximate surface area is 183 Å². The van der Waals surface area contributed by atoms with Gasteiger partial charge in [-0.15, -0.1) is 0 Å². The van der Waals surface area contributed by atoms with E-state index in [2.05, 4.69) is 5.32 Å². The van der Waals surface area contributed by atoms with Gasteiger partial charge in [-0.25, -0.2) is 8.42 Å². The second-order valence-corrected chi connectivity index (χ2v) is 9.47. The second-order valence-electron chi connectivity index (χ2n) is 7.16. The quantitative estimate of drug-likeness (QED) is 0.588. The first-order valence-electron chi connectivity index (χ1n) is 10.2. The van der Waals surface area contributed by atoms with E-state index in [9.17, 15) is 13.2 Å². The first kappa shape index (κ1) is 22.6. The maximum Gasteiger partial charge on any atom is 0.251 e. The number of nitrogens with one attached hydrogen (secondary N) is 1. The van der Waals surface area contributed by atoms with Crippen LogP contribution in [-0.2, 0) is 16.4 Å². The van der Waals surface area contributed by atoms with E-state index >= 15 is 0 Å². The molecule has 0 unspecified atom stereocenters. The van der Waals surface area contributed by atoms with E-state index in [1.807, 2.05) is 31.2 Å². The second kappa shape index (κ2) is 10.3. The number of aryl methyl sites for hydroxylation is 1. The third-order valence-electron chi connectivity index (χ3n) is 5.06. The van der Waals surface area contributed by atoms with Crippen molar-refractivity contribution in [3.05, 3.63) is 58.6 Å². The molecule has 0 atom stereocenters. The van der Waals surface area contributed by atoms with Gasteiger partial charge in [-0.3, -0.25) is 4.79 Å². The number of rotatable bonds is 9. The number of nitrogens with zero attached hydrogens (tertiary/aromatic N) is 1. The lowest BCUT2D eigenvalue weighted by Gasteiger charge is -2.17. The molecule has 30 heavy (non-hydrogen) atoms. The standard InChI is InChI=1S/C22H27ClN2O4S/c1-2-29-20-10-4-3-8-17(20)9-7-13-24-22(26)18-11-12-19(23)21(16-18)30(27,28)25-14-5-6-15-25/h3-4,8,10-12,16H,2,5-7,9,13-15H2,1H3,(H,24,26). The van der Waals surface area contributed by atoms with Crippen LogP contribution in [0.4, 0.5) is 0 Å². The Bertz CT molecular complexity index is 988. The number of para-hydroxylation sites is 1. The average molecular weight is 451 g/mol. The molecule has 0 radical (unpaired) electrons. The fraction of sp³-hybridized carbons (Fsp3) is 0.409. The molecule has 3 rings (SSSR count). The highest BCUT2D eigenvalue weighted by Gasteiger charge is 2.29. The minimum atomic E-state index is -3.69. The minimum absolute atomic E-state index is 0.00985. The molecule has 8 heteroatoms. The molecule has 1 heterocycles. The van der Waals surface area contributed by atoms with Crippen LogP contribution in [0, 0.1) is 0 Å². The van der Waals surface area contributed by atoms with Crippen molar-refractivity contribution in [2.24, 2.45) is 0 Å². The Morgan fingerprint density at radius 2 is 1.90 bits per heavy atom. The van der Waals surface area contributed by atoms with Gasteiger partial charge in [-0.2, -0.15) is 4.31 Å². The molecular weight excluding hydrogens is 424 g/mol. The molecule has 0 spiro atoms. The predicted molar refractivity (Wildman–Crippen MR) is 118 cm³/mol. The van der Waals surface area contributed by atoms with Gasteiger partial charge in [0.2, 0.25) is 10.0 Å². The molecule has 2 aromatic carbocycles. The van der Waals surface area contributed by atoms with Crippen LogP contribution < -0.4 is 10.1 Å². The Hall–Kier alpha value is -2.09. The first-order chi connectivity index (χ1) is 14.4. The first-order valence-corrected chi connectivity index (χ1v) is 12.0. The molecule has 162 valence electrons. The average Bonchev–Trinajstić information content (AvgIpc) is 3.28. The van der Waals surface area contributed by atoms with Crippen molar-refractivity contribution in [1.82, 2.24) is 9.62 Å². The summed E-state index contributed by atoms with van der Waals surface area (Å²) < 4.78 is 32.7. The van der Waals surface area contributed by atoms with E-state index in [0.29, 0.717) is 26.2 Å². The highest BCUT2D eigenvalue weighted by atomic mass is 35.5. The number of carbonyl (C=O) groups is 1. The summed E-state index contributed by atoms with van der Waals surface area (Å²) in [5.74, 6) is 0.545. The summed E-state index contributed by atoms with van der Waals surface area (Å²) in [5, 5.41) is 2.99. The normalized spacial score (nSPS) is 14.6. The Morgan fingerprint density at radius 1 is 1.17 bits per heavy atom. The van der Waals surface area contributed by atoms with Crippen LogP contribution in [0.15, 0.2) is 47.4 Å². The van der Waals surface area contributed by atoms with Crippen LogP contribution in [-0.4, -0.2) is 44.9 Å². The Morgan fingerprint density at radius 3 is 2.63 bits per heavy atom. The molecule has 1 aliphatic heterocycles. The molecule has 1 saturated heterocycles. The van der Waals surface area contributed by atoms with Crippen LogP contribution >= 0.6 is 11.6 Å². The van der Waals surface area contributed by atoms with Gasteiger partial charge in [-0.05, 0) is 62.4 Å². The predicted octanol–water partition coefficient (Wildman–Crippen LogP) is 3.89. The number of sulfonamides is 1. The van der Waals surface area contributed by atoms with Gasteiger partial charge in [0.15, 0.2) is 0 Å². The van der Waals surface area contributed by atoms with Crippen molar-refractivity contribution in [3.63, 3.8) is 0 Å². The number of carbonyl (C=O) groups excluding carboxylic acids is 1. The van der Waals surface area contributed by atoms with Crippen molar-refractivity contribution < 1.29 is 17.9 Å². The zero-order chi connectivity index (χ0) is 21.6. The molecule has 0 saturated carbocycles. The van der Waals surface area contributed by atoms with E-state index in [-0.39, 0.29) is 21.4 Å². The van der Waals surface area contributed by atoms with Crippen LogP contribution in [0.3, 0.4) is 0 Å².